The molecule has 0 aliphatic carbocycles. The molecule has 1 N–H and O–H groups in total. The Morgan fingerprint density at radius 3 is 2.78 bits per heavy atom. The Morgan fingerprint density at radius 1 is 1.19 bits per heavy atom. The van der Waals surface area contributed by atoms with Gasteiger partial charge < -0.3 is 0 Å². The van der Waals surface area contributed by atoms with Crippen molar-refractivity contribution >= 4 is 45.9 Å². The first-order valence-electron chi connectivity index (χ1n) is 7.84. The number of benzene rings is 2. The Bertz CT molecular complexity index is 974. The highest BCUT2D eigenvalue weighted by Gasteiger charge is 2.08. The van der Waals surface area contributed by atoms with Gasteiger partial charge >= 0.3 is 0 Å². The molecule has 0 spiro atoms. The van der Waals surface area contributed by atoms with Gasteiger partial charge in [-0.15, -0.1) is 22.0 Å². The highest BCUT2D eigenvalue weighted by molar-refractivity contribution is 7.98. The second-order valence-electron chi connectivity index (χ2n) is 5.28. The topological polar surface area (TPSA) is 98.0 Å². The minimum atomic E-state index is -0.479. The first-order valence-corrected chi connectivity index (χ1v) is 9.64. The van der Waals surface area contributed by atoms with Crippen LogP contribution in [0, 0.1) is 10.1 Å². The van der Waals surface area contributed by atoms with Crippen LogP contribution in [0.25, 0.3) is 6.08 Å². The van der Waals surface area contributed by atoms with Crippen LogP contribution in [0.2, 0.25) is 0 Å². The Balaban J connectivity index is 1.54. The molecule has 1 amide bonds. The third kappa shape index (κ3) is 5.73. The van der Waals surface area contributed by atoms with E-state index in [0.717, 1.165) is 9.90 Å². The van der Waals surface area contributed by atoms with E-state index in [4.69, 9.17) is 0 Å². The fourth-order valence-electron chi connectivity index (χ4n) is 2.09. The number of carbonyl (C=O) groups is 1. The normalized spacial score (nSPS) is 10.8. The maximum Gasteiger partial charge on any atom is 0.270 e. The van der Waals surface area contributed by atoms with E-state index in [1.807, 2.05) is 30.3 Å². The summed E-state index contributed by atoms with van der Waals surface area (Å²) in [4.78, 5) is 23.4. The molecule has 27 heavy (non-hydrogen) atoms. The number of aromatic nitrogens is 2. The first kappa shape index (κ1) is 18.7. The summed E-state index contributed by atoms with van der Waals surface area (Å²) in [5, 5.41) is 22.7. The Kier molecular flexibility index (Phi) is 6.29. The number of nitro benzene ring substituents is 1. The molecule has 0 aliphatic rings. The van der Waals surface area contributed by atoms with E-state index in [2.05, 4.69) is 15.5 Å². The molecular formula is C18H14N4O3S2. The molecule has 0 atom stereocenters. The van der Waals surface area contributed by atoms with Crippen LogP contribution in [0.15, 0.2) is 65.6 Å². The van der Waals surface area contributed by atoms with Crippen LogP contribution in [0.4, 0.5) is 10.8 Å². The molecular weight excluding hydrogens is 384 g/mol. The summed E-state index contributed by atoms with van der Waals surface area (Å²) in [5.41, 5.74) is 0.541. The van der Waals surface area contributed by atoms with Gasteiger partial charge in [0.25, 0.3) is 5.69 Å². The largest absolute Gasteiger partial charge is 0.297 e. The number of hydrogen-bond donors (Lipinski definition) is 1. The van der Waals surface area contributed by atoms with E-state index in [1.165, 1.54) is 35.6 Å². The van der Waals surface area contributed by atoms with Crippen LogP contribution >= 0.6 is 23.1 Å². The lowest BCUT2D eigenvalue weighted by molar-refractivity contribution is -0.384. The molecule has 3 aromatic rings. The Morgan fingerprint density at radius 2 is 2.00 bits per heavy atom. The van der Waals surface area contributed by atoms with Crippen molar-refractivity contribution in [2.45, 2.75) is 10.6 Å². The maximum absolute atomic E-state index is 12.0. The summed E-state index contributed by atoms with van der Waals surface area (Å²) in [7, 11) is 0. The van der Waals surface area contributed by atoms with E-state index >= 15 is 0 Å². The lowest BCUT2D eigenvalue weighted by atomic mass is 10.2. The van der Waals surface area contributed by atoms with Crippen LogP contribution in [0.3, 0.4) is 0 Å². The second-order valence-corrected chi connectivity index (χ2v) is 7.39. The Labute approximate surface area is 163 Å². The lowest BCUT2D eigenvalue weighted by Gasteiger charge is -1.97. The van der Waals surface area contributed by atoms with Gasteiger partial charge in [0.05, 0.1) is 10.7 Å². The molecule has 0 saturated carbocycles. The monoisotopic (exact) mass is 398 g/mol. The van der Waals surface area contributed by atoms with E-state index in [0.29, 0.717) is 16.4 Å². The molecule has 0 unspecified atom stereocenters. The van der Waals surface area contributed by atoms with E-state index in [1.54, 1.807) is 23.9 Å². The van der Waals surface area contributed by atoms with Crippen LogP contribution in [-0.2, 0) is 10.5 Å². The van der Waals surface area contributed by atoms with Crippen molar-refractivity contribution in [2.24, 2.45) is 0 Å². The molecule has 136 valence electrons. The van der Waals surface area contributed by atoms with Gasteiger partial charge in [0.1, 0.15) is 5.01 Å². The van der Waals surface area contributed by atoms with Crippen molar-refractivity contribution in [3.05, 3.63) is 81.4 Å². The van der Waals surface area contributed by atoms with Gasteiger partial charge in [-0.3, -0.25) is 20.2 Å². The second kappa shape index (κ2) is 9.06. The van der Waals surface area contributed by atoms with Gasteiger partial charge in [-0.05, 0) is 23.8 Å². The average molecular weight is 398 g/mol. The molecule has 3 rings (SSSR count). The van der Waals surface area contributed by atoms with Gasteiger partial charge in [-0.25, -0.2) is 0 Å². The van der Waals surface area contributed by atoms with Gasteiger partial charge in [-0.1, -0.05) is 41.7 Å². The van der Waals surface area contributed by atoms with E-state index in [-0.39, 0.29) is 11.6 Å². The number of nitrogens with zero attached hydrogens (tertiary/aromatic N) is 3. The molecule has 0 bridgehead atoms. The molecule has 0 radical (unpaired) electrons. The van der Waals surface area contributed by atoms with Gasteiger partial charge in [-0.2, -0.15) is 0 Å². The SMILES string of the molecule is O=C(/C=C/c1cccc([N+](=O)[O-])c1)Nc1nnc(CSc2ccccc2)s1. The zero-order chi connectivity index (χ0) is 19.1. The molecule has 2 aromatic carbocycles. The van der Waals surface area contributed by atoms with Gasteiger partial charge in [0.15, 0.2) is 0 Å². The number of rotatable bonds is 7. The van der Waals surface area contributed by atoms with Crippen molar-refractivity contribution in [3.63, 3.8) is 0 Å². The van der Waals surface area contributed by atoms with Crippen LogP contribution < -0.4 is 5.32 Å². The number of anilines is 1. The van der Waals surface area contributed by atoms with E-state index < -0.39 is 4.92 Å². The molecule has 1 heterocycles. The third-order valence-corrected chi connectivity index (χ3v) is 5.36. The van der Waals surface area contributed by atoms with Gasteiger partial charge in [0, 0.05) is 23.1 Å². The van der Waals surface area contributed by atoms with Crippen molar-refractivity contribution < 1.29 is 9.72 Å². The number of nitro groups is 1. The minimum Gasteiger partial charge on any atom is -0.297 e. The molecule has 1 aromatic heterocycles. The van der Waals surface area contributed by atoms with Crippen LogP contribution in [-0.4, -0.2) is 21.0 Å². The minimum absolute atomic E-state index is 0.0257. The summed E-state index contributed by atoms with van der Waals surface area (Å²) in [5.74, 6) is 0.293. The summed E-state index contributed by atoms with van der Waals surface area (Å²) in [6.45, 7) is 0. The smallest absolute Gasteiger partial charge is 0.270 e. The summed E-state index contributed by atoms with van der Waals surface area (Å²) >= 11 is 2.95. The number of amides is 1. The fraction of sp³-hybridized carbons (Fsp3) is 0.0556. The van der Waals surface area contributed by atoms with Crippen molar-refractivity contribution in [1.82, 2.24) is 10.2 Å². The average Bonchev–Trinajstić information content (AvgIpc) is 3.13. The standard InChI is InChI=1S/C18H14N4O3S2/c23-16(10-9-13-5-4-6-14(11-13)22(24)25)19-18-21-20-17(27-18)12-26-15-7-2-1-3-8-15/h1-11H,12H2,(H,19,21,23)/b10-9+. The summed E-state index contributed by atoms with van der Waals surface area (Å²) in [6, 6.07) is 16.0. The number of non-ortho nitro benzene ring substituents is 1. The van der Waals surface area contributed by atoms with Crippen molar-refractivity contribution in [3.8, 4) is 0 Å². The number of thioether (sulfide) groups is 1. The maximum atomic E-state index is 12.0. The van der Waals surface area contributed by atoms with Crippen LogP contribution in [0.5, 0.6) is 0 Å². The number of carbonyl (C=O) groups excluding carboxylic acids is 1. The molecule has 0 fully saturated rings. The van der Waals surface area contributed by atoms with Crippen molar-refractivity contribution in [1.29, 1.82) is 0 Å². The predicted molar refractivity (Wildman–Crippen MR) is 107 cm³/mol. The Hall–Kier alpha value is -3.04. The highest BCUT2D eigenvalue weighted by atomic mass is 32.2. The zero-order valence-electron chi connectivity index (χ0n) is 13.9. The number of nitrogens with one attached hydrogen (secondary N) is 1. The molecule has 7 nitrogen and oxygen atoms in total. The van der Waals surface area contributed by atoms with Crippen molar-refractivity contribution in [2.75, 3.05) is 5.32 Å². The number of hydrogen-bond acceptors (Lipinski definition) is 7. The first-order chi connectivity index (χ1) is 13.1. The molecule has 9 heteroatoms. The molecule has 0 saturated heterocycles. The molecule has 0 aliphatic heterocycles. The van der Waals surface area contributed by atoms with Gasteiger partial charge in [0.2, 0.25) is 11.0 Å². The quantitative estimate of drug-likeness (QED) is 0.274. The summed E-state index contributed by atoms with van der Waals surface area (Å²) in [6.07, 6.45) is 2.81. The third-order valence-electron chi connectivity index (χ3n) is 3.31. The van der Waals surface area contributed by atoms with Crippen LogP contribution in [0.1, 0.15) is 10.6 Å². The summed E-state index contributed by atoms with van der Waals surface area (Å²) < 4.78 is 0. The lowest BCUT2D eigenvalue weighted by Crippen LogP contribution is -2.07. The fourth-order valence-corrected chi connectivity index (χ4v) is 3.73. The zero-order valence-corrected chi connectivity index (χ0v) is 15.6. The highest BCUT2D eigenvalue weighted by Crippen LogP contribution is 2.25. The van der Waals surface area contributed by atoms with E-state index in [9.17, 15) is 14.9 Å². The predicted octanol–water partition coefficient (Wildman–Crippen LogP) is 4.39.